The Labute approximate surface area is 205 Å². The van der Waals surface area contributed by atoms with Crippen molar-refractivity contribution in [1.29, 1.82) is 0 Å². The fourth-order valence-corrected chi connectivity index (χ4v) is 2.73. The smallest absolute Gasteiger partial charge is 0.548 e. The van der Waals surface area contributed by atoms with Gasteiger partial charge in [0.25, 0.3) is 0 Å². The Balaban J connectivity index is 0. The van der Waals surface area contributed by atoms with E-state index >= 15 is 0 Å². The monoisotopic (exact) mass is 442 g/mol. The molecule has 30 heavy (non-hydrogen) atoms. The van der Waals surface area contributed by atoms with E-state index in [0.29, 0.717) is 46.2 Å². The van der Waals surface area contributed by atoms with Gasteiger partial charge in [0, 0.05) is 6.61 Å². The molecule has 0 aliphatic rings. The molecule has 0 heterocycles. The maximum absolute atomic E-state index is 10.1. The fourth-order valence-electron chi connectivity index (χ4n) is 2.73. The van der Waals surface area contributed by atoms with Crippen LogP contribution in [0.4, 0.5) is 0 Å². The topological polar surface area (TPSA) is 86.3 Å². The zero-order valence-electron chi connectivity index (χ0n) is 19.5. The van der Waals surface area contributed by atoms with Gasteiger partial charge in [0.2, 0.25) is 0 Å². The number of rotatable bonds is 25. The molecule has 0 N–H and O–H groups in total. The van der Waals surface area contributed by atoms with Crippen molar-refractivity contribution < 1.29 is 63.1 Å². The summed E-state index contributed by atoms with van der Waals surface area (Å²) in [7, 11) is 0. The van der Waals surface area contributed by atoms with Crippen LogP contribution in [0.1, 0.15) is 71.1 Å². The molecular formula is C22H43NaO7. The van der Waals surface area contributed by atoms with Crippen LogP contribution in [0.2, 0.25) is 0 Å². The molecule has 0 atom stereocenters. The molecule has 0 aromatic carbocycles. The first-order valence-electron chi connectivity index (χ1n) is 11.4. The van der Waals surface area contributed by atoms with Gasteiger partial charge in [0.15, 0.2) is 0 Å². The van der Waals surface area contributed by atoms with Crippen molar-refractivity contribution in [3.8, 4) is 0 Å². The van der Waals surface area contributed by atoms with Gasteiger partial charge in [-0.1, -0.05) is 64.7 Å². The number of carbonyl (C=O) groups is 1. The molecule has 0 amide bonds. The molecule has 0 fully saturated rings. The van der Waals surface area contributed by atoms with Gasteiger partial charge in [-0.15, -0.1) is 0 Å². The van der Waals surface area contributed by atoms with Gasteiger partial charge in [0.1, 0.15) is 0 Å². The van der Waals surface area contributed by atoms with Crippen molar-refractivity contribution >= 4 is 5.97 Å². The standard InChI is InChI=1S/C22H44O7.Na/c1-2-3-4-5-6-7-8-9-10-11-12-25-13-14-26-15-16-27-17-18-28-19-20-29-21-22(23)24;/h2-21H2,1H3,(H,23,24);/q;+1/p-1. The minimum atomic E-state index is -1.22. The predicted molar refractivity (Wildman–Crippen MR) is 111 cm³/mol. The average molecular weight is 443 g/mol. The van der Waals surface area contributed by atoms with Crippen LogP contribution >= 0.6 is 0 Å². The second-order valence-electron chi connectivity index (χ2n) is 7.06. The van der Waals surface area contributed by atoms with Crippen molar-refractivity contribution in [3.63, 3.8) is 0 Å². The average Bonchev–Trinajstić information content (AvgIpc) is 2.71. The predicted octanol–water partition coefficient (Wildman–Crippen LogP) is -0.256. The van der Waals surface area contributed by atoms with E-state index in [0.717, 1.165) is 13.0 Å². The SMILES string of the molecule is CCCCCCCCCCCCOCCOCCOCCOCCOCC(=O)[O-].[Na+]. The minimum Gasteiger partial charge on any atom is -0.548 e. The van der Waals surface area contributed by atoms with E-state index in [2.05, 4.69) is 6.92 Å². The molecule has 174 valence electrons. The summed E-state index contributed by atoms with van der Waals surface area (Å²) in [5.74, 6) is -1.22. The summed E-state index contributed by atoms with van der Waals surface area (Å²) in [5, 5.41) is 10.1. The Morgan fingerprint density at radius 3 is 1.27 bits per heavy atom. The molecule has 7 nitrogen and oxygen atoms in total. The van der Waals surface area contributed by atoms with Crippen LogP contribution in [-0.2, 0) is 28.5 Å². The first-order valence-corrected chi connectivity index (χ1v) is 11.4. The van der Waals surface area contributed by atoms with Crippen molar-refractivity contribution in [2.24, 2.45) is 0 Å². The second-order valence-corrected chi connectivity index (χ2v) is 7.06. The van der Waals surface area contributed by atoms with E-state index in [1.54, 1.807) is 0 Å². The zero-order chi connectivity index (χ0) is 21.3. The van der Waals surface area contributed by atoms with Gasteiger partial charge in [0.05, 0.1) is 65.4 Å². The molecule has 8 heteroatoms. The third-order valence-corrected chi connectivity index (χ3v) is 4.35. The fraction of sp³-hybridized carbons (Fsp3) is 0.955. The third-order valence-electron chi connectivity index (χ3n) is 4.35. The molecule has 0 aliphatic heterocycles. The Hall–Kier alpha value is 0.270. The van der Waals surface area contributed by atoms with Gasteiger partial charge in [-0.05, 0) is 6.42 Å². The Bertz CT molecular complexity index is 333. The van der Waals surface area contributed by atoms with Crippen molar-refractivity contribution in [1.82, 2.24) is 0 Å². The molecule has 0 saturated heterocycles. The van der Waals surface area contributed by atoms with Gasteiger partial charge in [-0.3, -0.25) is 0 Å². The van der Waals surface area contributed by atoms with Gasteiger partial charge in [-0.25, -0.2) is 0 Å². The molecule has 0 unspecified atom stereocenters. The minimum absolute atomic E-state index is 0. The summed E-state index contributed by atoms with van der Waals surface area (Å²) >= 11 is 0. The Morgan fingerprint density at radius 2 is 0.867 bits per heavy atom. The number of unbranched alkanes of at least 4 members (excludes halogenated alkanes) is 9. The van der Waals surface area contributed by atoms with Crippen LogP contribution < -0.4 is 34.7 Å². The molecule has 0 radical (unpaired) electrons. The number of aliphatic carboxylic acids is 1. The maximum Gasteiger partial charge on any atom is 1.00 e. The summed E-state index contributed by atoms with van der Waals surface area (Å²) in [5.41, 5.74) is 0. The molecule has 0 spiro atoms. The number of hydrogen-bond acceptors (Lipinski definition) is 7. The van der Waals surface area contributed by atoms with Crippen LogP contribution in [0.15, 0.2) is 0 Å². The van der Waals surface area contributed by atoms with E-state index in [1.165, 1.54) is 57.8 Å². The normalized spacial score (nSPS) is 10.8. The molecule has 0 aliphatic carbocycles. The molecular weight excluding hydrogens is 399 g/mol. The van der Waals surface area contributed by atoms with Crippen LogP contribution in [0.25, 0.3) is 0 Å². The molecule has 0 aromatic heterocycles. The van der Waals surface area contributed by atoms with Crippen molar-refractivity contribution in [2.45, 2.75) is 71.1 Å². The number of ether oxygens (including phenoxy) is 5. The van der Waals surface area contributed by atoms with Gasteiger partial charge >= 0.3 is 29.6 Å². The summed E-state index contributed by atoms with van der Waals surface area (Å²) in [6, 6.07) is 0. The van der Waals surface area contributed by atoms with E-state index < -0.39 is 12.6 Å². The molecule has 0 aromatic rings. The first-order chi connectivity index (χ1) is 14.3. The van der Waals surface area contributed by atoms with Crippen molar-refractivity contribution in [3.05, 3.63) is 0 Å². The Morgan fingerprint density at radius 1 is 0.533 bits per heavy atom. The van der Waals surface area contributed by atoms with Gasteiger partial charge in [-0.2, -0.15) is 0 Å². The summed E-state index contributed by atoms with van der Waals surface area (Å²) in [6.07, 6.45) is 13.4. The van der Waals surface area contributed by atoms with E-state index in [-0.39, 0.29) is 36.2 Å². The van der Waals surface area contributed by atoms with Gasteiger partial charge < -0.3 is 33.6 Å². The summed E-state index contributed by atoms with van der Waals surface area (Å²) < 4.78 is 26.4. The second kappa shape index (κ2) is 29.3. The van der Waals surface area contributed by atoms with Crippen LogP contribution in [0.3, 0.4) is 0 Å². The molecule has 0 saturated carbocycles. The quantitative estimate of drug-likeness (QED) is 0.142. The number of carboxylic acids is 1. The molecule has 0 rings (SSSR count). The number of carboxylic acid groups (broad SMARTS) is 1. The first kappa shape index (κ1) is 32.4. The maximum atomic E-state index is 10.1. The van der Waals surface area contributed by atoms with E-state index in [4.69, 9.17) is 23.7 Å². The largest absolute Gasteiger partial charge is 1.00 e. The molecule has 0 bridgehead atoms. The zero-order valence-corrected chi connectivity index (χ0v) is 21.5. The third kappa shape index (κ3) is 30.5. The van der Waals surface area contributed by atoms with Crippen molar-refractivity contribution in [2.75, 3.05) is 66.1 Å². The number of carbonyl (C=O) groups excluding carboxylic acids is 1. The van der Waals surface area contributed by atoms with Crippen LogP contribution in [0, 0.1) is 0 Å². The van der Waals surface area contributed by atoms with Crippen LogP contribution in [0.5, 0.6) is 0 Å². The summed E-state index contributed by atoms with van der Waals surface area (Å²) in [4.78, 5) is 10.1. The van der Waals surface area contributed by atoms with Crippen LogP contribution in [-0.4, -0.2) is 72.0 Å². The van der Waals surface area contributed by atoms with E-state index in [9.17, 15) is 9.90 Å². The summed E-state index contributed by atoms with van der Waals surface area (Å²) in [6.45, 7) is 6.43. The number of hydrogen-bond donors (Lipinski definition) is 0. The van der Waals surface area contributed by atoms with E-state index in [1.807, 2.05) is 0 Å². The Kier molecular flexibility index (Phi) is 31.7.